The summed E-state index contributed by atoms with van der Waals surface area (Å²) in [6.07, 6.45) is 5.31. The van der Waals surface area contributed by atoms with E-state index in [9.17, 15) is 8.42 Å². The van der Waals surface area contributed by atoms with Gasteiger partial charge in [-0.25, -0.2) is 8.42 Å². The Balaban J connectivity index is 2.37. The summed E-state index contributed by atoms with van der Waals surface area (Å²) in [7, 11) is -2.82. The van der Waals surface area contributed by atoms with Crippen LogP contribution in [-0.2, 0) is 9.84 Å². The van der Waals surface area contributed by atoms with Gasteiger partial charge >= 0.3 is 0 Å². The monoisotopic (exact) mass is 236 g/mol. The van der Waals surface area contributed by atoms with Gasteiger partial charge in [0.2, 0.25) is 0 Å². The molecule has 1 aliphatic carbocycles. The fourth-order valence-electron chi connectivity index (χ4n) is 1.65. The largest absolute Gasteiger partial charge is 0.229 e. The van der Waals surface area contributed by atoms with Crippen LogP contribution >= 0.6 is 11.6 Å². The Morgan fingerprint density at radius 3 is 2.71 bits per heavy atom. The summed E-state index contributed by atoms with van der Waals surface area (Å²) in [6.45, 7) is 1.89. The van der Waals surface area contributed by atoms with Crippen LogP contribution in [0.15, 0.2) is 11.6 Å². The lowest BCUT2D eigenvalue weighted by molar-refractivity contribution is 0.593. The molecule has 0 saturated carbocycles. The van der Waals surface area contributed by atoms with E-state index in [0.717, 1.165) is 12.8 Å². The van der Waals surface area contributed by atoms with Crippen LogP contribution < -0.4 is 0 Å². The van der Waals surface area contributed by atoms with Crippen molar-refractivity contribution in [2.45, 2.75) is 38.0 Å². The van der Waals surface area contributed by atoms with Crippen molar-refractivity contribution in [3.8, 4) is 0 Å². The number of hydrogen-bond donors (Lipinski definition) is 0. The Hall–Kier alpha value is -0.0200. The predicted molar refractivity (Wildman–Crippen MR) is 60.5 cm³/mol. The standard InChI is InChI=1S/C10H17ClO2S/c1-2-6-14(12,13)7-5-9-3-4-10(11)8-9/h8,10H,2-7H2,1H3. The van der Waals surface area contributed by atoms with Gasteiger partial charge in [0, 0.05) is 5.75 Å². The molecule has 0 aromatic heterocycles. The molecule has 82 valence electrons. The predicted octanol–water partition coefficient (Wildman–Crippen LogP) is 2.53. The van der Waals surface area contributed by atoms with E-state index in [4.69, 9.17) is 11.6 Å². The van der Waals surface area contributed by atoms with Gasteiger partial charge in [-0.1, -0.05) is 18.6 Å². The first kappa shape index (κ1) is 12.1. The summed E-state index contributed by atoms with van der Waals surface area (Å²) >= 11 is 5.89. The van der Waals surface area contributed by atoms with Gasteiger partial charge in [-0.05, 0) is 25.7 Å². The average Bonchev–Trinajstić information content (AvgIpc) is 2.48. The molecule has 0 amide bonds. The van der Waals surface area contributed by atoms with Gasteiger partial charge in [0.15, 0.2) is 9.84 Å². The lowest BCUT2D eigenvalue weighted by Crippen LogP contribution is -2.10. The highest BCUT2D eigenvalue weighted by atomic mass is 35.5. The number of halogens is 1. The van der Waals surface area contributed by atoms with Crippen molar-refractivity contribution < 1.29 is 8.42 Å². The van der Waals surface area contributed by atoms with E-state index in [1.165, 1.54) is 5.57 Å². The molecule has 0 aliphatic heterocycles. The van der Waals surface area contributed by atoms with E-state index in [1.807, 2.05) is 13.0 Å². The minimum absolute atomic E-state index is 0.124. The fraction of sp³-hybridized carbons (Fsp3) is 0.800. The first-order valence-corrected chi connectivity index (χ1v) is 7.33. The van der Waals surface area contributed by atoms with E-state index in [0.29, 0.717) is 18.6 Å². The van der Waals surface area contributed by atoms with E-state index in [1.54, 1.807) is 0 Å². The summed E-state index contributed by atoms with van der Waals surface area (Å²) in [5.74, 6) is 0.598. The Morgan fingerprint density at radius 1 is 1.50 bits per heavy atom. The quantitative estimate of drug-likeness (QED) is 0.543. The molecule has 0 heterocycles. The molecule has 0 saturated heterocycles. The molecule has 1 rings (SSSR count). The molecule has 0 aromatic rings. The van der Waals surface area contributed by atoms with Gasteiger partial charge in [0.25, 0.3) is 0 Å². The summed E-state index contributed by atoms with van der Waals surface area (Å²) < 4.78 is 22.8. The van der Waals surface area contributed by atoms with Crippen molar-refractivity contribution >= 4 is 21.4 Å². The highest BCUT2D eigenvalue weighted by Gasteiger charge is 2.16. The summed E-state index contributed by atoms with van der Waals surface area (Å²) in [6, 6.07) is 0. The van der Waals surface area contributed by atoms with Crippen LogP contribution in [0.25, 0.3) is 0 Å². The Bertz CT molecular complexity index is 306. The lowest BCUT2D eigenvalue weighted by atomic mass is 10.2. The van der Waals surface area contributed by atoms with Crippen molar-refractivity contribution in [3.05, 3.63) is 11.6 Å². The third kappa shape index (κ3) is 4.01. The van der Waals surface area contributed by atoms with Gasteiger partial charge in [-0.15, -0.1) is 11.6 Å². The third-order valence-corrected chi connectivity index (χ3v) is 4.61. The van der Waals surface area contributed by atoms with Crippen LogP contribution in [0.2, 0.25) is 0 Å². The van der Waals surface area contributed by atoms with E-state index >= 15 is 0 Å². The van der Waals surface area contributed by atoms with Gasteiger partial charge < -0.3 is 0 Å². The maximum Gasteiger partial charge on any atom is 0.150 e. The molecular weight excluding hydrogens is 220 g/mol. The Morgan fingerprint density at radius 2 is 2.21 bits per heavy atom. The molecule has 1 unspecified atom stereocenters. The summed E-state index contributed by atoms with van der Waals surface area (Å²) in [5.41, 5.74) is 1.21. The van der Waals surface area contributed by atoms with Gasteiger partial charge in [0.05, 0.1) is 11.1 Å². The van der Waals surface area contributed by atoms with Crippen LogP contribution in [0.4, 0.5) is 0 Å². The number of rotatable bonds is 5. The minimum Gasteiger partial charge on any atom is -0.229 e. The van der Waals surface area contributed by atoms with Crippen LogP contribution in [0.1, 0.15) is 32.6 Å². The van der Waals surface area contributed by atoms with Crippen LogP contribution in [-0.4, -0.2) is 25.3 Å². The molecule has 0 aromatic carbocycles. The molecule has 4 heteroatoms. The zero-order chi connectivity index (χ0) is 10.6. The number of alkyl halides is 1. The van der Waals surface area contributed by atoms with Crippen LogP contribution in [0.3, 0.4) is 0 Å². The molecule has 2 nitrogen and oxygen atoms in total. The highest BCUT2D eigenvalue weighted by Crippen LogP contribution is 2.25. The van der Waals surface area contributed by atoms with Crippen molar-refractivity contribution in [3.63, 3.8) is 0 Å². The molecule has 14 heavy (non-hydrogen) atoms. The normalized spacial score (nSPS) is 22.4. The smallest absolute Gasteiger partial charge is 0.150 e. The second-order valence-corrected chi connectivity index (χ2v) is 6.65. The first-order chi connectivity index (χ1) is 6.53. The number of hydrogen-bond acceptors (Lipinski definition) is 2. The number of sulfone groups is 1. The molecule has 1 atom stereocenters. The molecule has 0 bridgehead atoms. The van der Waals surface area contributed by atoms with Gasteiger partial charge in [-0.2, -0.15) is 0 Å². The van der Waals surface area contributed by atoms with E-state index < -0.39 is 9.84 Å². The molecule has 0 fully saturated rings. The zero-order valence-corrected chi connectivity index (χ0v) is 10.1. The molecule has 0 radical (unpaired) electrons. The third-order valence-electron chi connectivity index (χ3n) is 2.41. The molecule has 1 aliphatic rings. The van der Waals surface area contributed by atoms with Crippen molar-refractivity contribution in [1.29, 1.82) is 0 Å². The Labute approximate surface area is 91.3 Å². The highest BCUT2D eigenvalue weighted by molar-refractivity contribution is 7.91. The second kappa shape index (κ2) is 5.17. The van der Waals surface area contributed by atoms with Gasteiger partial charge in [-0.3, -0.25) is 0 Å². The molecule has 0 spiro atoms. The lowest BCUT2D eigenvalue weighted by Gasteiger charge is -2.02. The summed E-state index contributed by atoms with van der Waals surface area (Å²) in [4.78, 5) is 0. The minimum atomic E-state index is -2.82. The zero-order valence-electron chi connectivity index (χ0n) is 8.50. The maximum atomic E-state index is 11.4. The van der Waals surface area contributed by atoms with Crippen LogP contribution in [0.5, 0.6) is 0 Å². The average molecular weight is 237 g/mol. The maximum absolute atomic E-state index is 11.4. The fourth-order valence-corrected chi connectivity index (χ4v) is 3.34. The van der Waals surface area contributed by atoms with Crippen molar-refractivity contribution in [1.82, 2.24) is 0 Å². The number of allylic oxidation sites excluding steroid dienone is 2. The van der Waals surface area contributed by atoms with Crippen LogP contribution in [0, 0.1) is 0 Å². The van der Waals surface area contributed by atoms with Crippen molar-refractivity contribution in [2.75, 3.05) is 11.5 Å². The molecule has 0 N–H and O–H groups in total. The topological polar surface area (TPSA) is 34.1 Å². The first-order valence-electron chi connectivity index (χ1n) is 5.07. The summed E-state index contributed by atoms with van der Waals surface area (Å²) in [5, 5.41) is 0.124. The second-order valence-electron chi connectivity index (χ2n) is 3.78. The van der Waals surface area contributed by atoms with Gasteiger partial charge in [0.1, 0.15) is 0 Å². The molecular formula is C10H17ClO2S. The van der Waals surface area contributed by atoms with E-state index in [2.05, 4.69) is 0 Å². The SMILES string of the molecule is CCCS(=O)(=O)CCC1=CC(Cl)CC1. The van der Waals surface area contributed by atoms with Crippen molar-refractivity contribution in [2.24, 2.45) is 0 Å². The van der Waals surface area contributed by atoms with E-state index in [-0.39, 0.29) is 11.1 Å². The Kier molecular flexibility index (Phi) is 4.45.